The van der Waals surface area contributed by atoms with Gasteiger partial charge in [0.25, 0.3) is 0 Å². The van der Waals surface area contributed by atoms with Crippen LogP contribution in [0.25, 0.3) is 11.3 Å². The highest BCUT2D eigenvalue weighted by molar-refractivity contribution is 7.98. The van der Waals surface area contributed by atoms with Gasteiger partial charge in [0.2, 0.25) is 0 Å². The van der Waals surface area contributed by atoms with Crippen LogP contribution in [0.2, 0.25) is 0 Å². The molecule has 0 aliphatic heterocycles. The van der Waals surface area contributed by atoms with Crippen LogP contribution in [0, 0.1) is 5.92 Å². The van der Waals surface area contributed by atoms with Gasteiger partial charge in [0.05, 0.1) is 17.9 Å². The van der Waals surface area contributed by atoms with E-state index in [0.717, 1.165) is 23.5 Å². The lowest BCUT2D eigenvalue weighted by Crippen LogP contribution is -2.14. The fourth-order valence-electron chi connectivity index (χ4n) is 2.06. The number of benzene rings is 1. The lowest BCUT2D eigenvalue weighted by atomic mass is 10.0. The zero-order chi connectivity index (χ0) is 13.8. The molecule has 0 radical (unpaired) electrons. The van der Waals surface area contributed by atoms with E-state index in [1.165, 1.54) is 4.90 Å². The van der Waals surface area contributed by atoms with Crippen LogP contribution in [-0.2, 0) is 0 Å². The number of hydrogen-bond donors (Lipinski definition) is 2. The van der Waals surface area contributed by atoms with Crippen molar-refractivity contribution in [3.05, 3.63) is 36.3 Å². The summed E-state index contributed by atoms with van der Waals surface area (Å²) < 4.78 is 0. The molecule has 1 heterocycles. The minimum atomic E-state index is -0.0146. The Morgan fingerprint density at radius 1 is 1.26 bits per heavy atom. The molecule has 1 unspecified atom stereocenters. The summed E-state index contributed by atoms with van der Waals surface area (Å²) in [6.45, 7) is 4.34. The fraction of sp³-hybridized carbons (Fsp3) is 0.400. The summed E-state index contributed by atoms with van der Waals surface area (Å²) in [5.74, 6) is 1.45. The molecule has 1 atom stereocenters. The number of aromatic nitrogens is 2. The van der Waals surface area contributed by atoms with Crippen molar-refractivity contribution >= 4 is 11.8 Å². The molecule has 2 rings (SSSR count). The lowest BCUT2D eigenvalue weighted by molar-refractivity contribution is 0.496. The number of nitrogens with two attached hydrogens (primary N) is 1. The quantitative estimate of drug-likeness (QED) is 0.815. The molecule has 0 spiro atoms. The molecule has 0 amide bonds. The first-order chi connectivity index (χ1) is 9.10. The predicted octanol–water partition coefficient (Wildman–Crippen LogP) is 3.84. The van der Waals surface area contributed by atoms with Crippen molar-refractivity contribution in [2.45, 2.75) is 31.2 Å². The van der Waals surface area contributed by atoms with E-state index >= 15 is 0 Å². The Bertz CT molecular complexity index is 516. The normalized spacial score (nSPS) is 12.9. The Morgan fingerprint density at radius 3 is 2.53 bits per heavy atom. The van der Waals surface area contributed by atoms with E-state index < -0.39 is 0 Å². The van der Waals surface area contributed by atoms with Crippen molar-refractivity contribution in [3.8, 4) is 11.3 Å². The van der Waals surface area contributed by atoms with Crippen molar-refractivity contribution in [2.75, 3.05) is 6.26 Å². The van der Waals surface area contributed by atoms with Crippen molar-refractivity contribution in [2.24, 2.45) is 11.7 Å². The molecule has 0 saturated carbocycles. The van der Waals surface area contributed by atoms with E-state index in [1.807, 2.05) is 6.20 Å². The molecule has 4 heteroatoms. The van der Waals surface area contributed by atoms with E-state index in [4.69, 9.17) is 5.73 Å². The Kier molecular flexibility index (Phi) is 4.66. The van der Waals surface area contributed by atoms with Crippen LogP contribution in [0.15, 0.2) is 35.4 Å². The van der Waals surface area contributed by atoms with Gasteiger partial charge in [0.15, 0.2) is 0 Å². The monoisotopic (exact) mass is 275 g/mol. The summed E-state index contributed by atoms with van der Waals surface area (Å²) in [6, 6.07) is 8.44. The van der Waals surface area contributed by atoms with Gasteiger partial charge < -0.3 is 10.7 Å². The SMILES string of the molecule is CSc1ccc(-c2cnc(C(N)CC(C)C)[nH]2)cc1. The maximum Gasteiger partial charge on any atom is 0.123 e. The van der Waals surface area contributed by atoms with Gasteiger partial charge in [-0.2, -0.15) is 0 Å². The zero-order valence-electron chi connectivity index (χ0n) is 11.7. The molecule has 2 aromatic rings. The molecule has 19 heavy (non-hydrogen) atoms. The Labute approximate surface area is 119 Å². The highest BCUT2D eigenvalue weighted by Crippen LogP contribution is 2.23. The standard InChI is InChI=1S/C15H21N3S/c1-10(2)8-13(16)15-17-9-14(18-15)11-4-6-12(19-3)7-5-11/h4-7,9-10,13H,8,16H2,1-3H3,(H,17,18). The van der Waals surface area contributed by atoms with Gasteiger partial charge in [0.1, 0.15) is 5.82 Å². The maximum atomic E-state index is 6.14. The second-order valence-corrected chi connectivity index (χ2v) is 6.03. The van der Waals surface area contributed by atoms with Crippen LogP contribution in [0.5, 0.6) is 0 Å². The third-order valence-electron chi connectivity index (χ3n) is 3.07. The average molecular weight is 275 g/mol. The van der Waals surface area contributed by atoms with E-state index in [2.05, 4.69) is 54.3 Å². The van der Waals surface area contributed by atoms with E-state index in [9.17, 15) is 0 Å². The largest absolute Gasteiger partial charge is 0.341 e. The topological polar surface area (TPSA) is 54.7 Å². The highest BCUT2D eigenvalue weighted by atomic mass is 32.2. The third-order valence-corrected chi connectivity index (χ3v) is 3.82. The van der Waals surface area contributed by atoms with Gasteiger partial charge in [-0.15, -0.1) is 11.8 Å². The lowest BCUT2D eigenvalue weighted by Gasteiger charge is -2.11. The number of hydrogen-bond acceptors (Lipinski definition) is 3. The molecule has 3 N–H and O–H groups in total. The molecule has 0 aliphatic carbocycles. The number of nitrogens with one attached hydrogen (secondary N) is 1. The summed E-state index contributed by atoms with van der Waals surface area (Å²) in [6.07, 6.45) is 4.89. The third kappa shape index (κ3) is 3.61. The molecule has 3 nitrogen and oxygen atoms in total. The molecule has 102 valence electrons. The van der Waals surface area contributed by atoms with Crippen molar-refractivity contribution in [1.29, 1.82) is 0 Å². The highest BCUT2D eigenvalue weighted by Gasteiger charge is 2.12. The van der Waals surface area contributed by atoms with Gasteiger partial charge in [-0.25, -0.2) is 4.98 Å². The second-order valence-electron chi connectivity index (χ2n) is 5.15. The van der Waals surface area contributed by atoms with Crippen LogP contribution in [0.4, 0.5) is 0 Å². The molecular weight excluding hydrogens is 254 g/mol. The average Bonchev–Trinajstić information content (AvgIpc) is 2.88. The van der Waals surface area contributed by atoms with Crippen LogP contribution < -0.4 is 5.73 Å². The predicted molar refractivity (Wildman–Crippen MR) is 82.2 cm³/mol. The van der Waals surface area contributed by atoms with E-state index in [1.54, 1.807) is 11.8 Å². The fourth-order valence-corrected chi connectivity index (χ4v) is 2.47. The van der Waals surface area contributed by atoms with E-state index in [-0.39, 0.29) is 6.04 Å². The zero-order valence-corrected chi connectivity index (χ0v) is 12.5. The molecule has 0 bridgehead atoms. The summed E-state index contributed by atoms with van der Waals surface area (Å²) in [5.41, 5.74) is 8.31. The summed E-state index contributed by atoms with van der Waals surface area (Å²) in [5, 5.41) is 0. The molecular formula is C15H21N3S. The summed E-state index contributed by atoms with van der Waals surface area (Å²) in [4.78, 5) is 9.00. The first-order valence-corrected chi connectivity index (χ1v) is 7.77. The van der Waals surface area contributed by atoms with Crippen LogP contribution in [-0.4, -0.2) is 16.2 Å². The number of thioether (sulfide) groups is 1. The molecule has 1 aromatic heterocycles. The first kappa shape index (κ1) is 14.2. The second kappa shape index (κ2) is 6.26. The number of aromatic amines is 1. The molecule has 0 fully saturated rings. The molecule has 1 aromatic carbocycles. The van der Waals surface area contributed by atoms with Gasteiger partial charge in [-0.05, 0) is 36.3 Å². The number of nitrogens with zero attached hydrogens (tertiary/aromatic N) is 1. The first-order valence-electron chi connectivity index (χ1n) is 6.55. The van der Waals surface area contributed by atoms with Gasteiger partial charge >= 0.3 is 0 Å². The van der Waals surface area contributed by atoms with Crippen molar-refractivity contribution in [3.63, 3.8) is 0 Å². The van der Waals surface area contributed by atoms with Crippen LogP contribution in [0.3, 0.4) is 0 Å². The van der Waals surface area contributed by atoms with Crippen molar-refractivity contribution < 1.29 is 0 Å². The van der Waals surface area contributed by atoms with Gasteiger partial charge in [0, 0.05) is 4.90 Å². The smallest absolute Gasteiger partial charge is 0.123 e. The summed E-state index contributed by atoms with van der Waals surface area (Å²) in [7, 11) is 0. The minimum Gasteiger partial charge on any atom is -0.341 e. The van der Waals surface area contributed by atoms with Gasteiger partial charge in [-0.1, -0.05) is 26.0 Å². The number of imidazole rings is 1. The number of H-pyrrole nitrogens is 1. The molecule has 0 aliphatic rings. The van der Waals surface area contributed by atoms with Crippen LogP contribution in [0.1, 0.15) is 32.1 Å². The Morgan fingerprint density at radius 2 is 1.95 bits per heavy atom. The minimum absolute atomic E-state index is 0.0146. The van der Waals surface area contributed by atoms with Crippen molar-refractivity contribution in [1.82, 2.24) is 9.97 Å². The van der Waals surface area contributed by atoms with Crippen LogP contribution >= 0.6 is 11.8 Å². The maximum absolute atomic E-state index is 6.14. The van der Waals surface area contributed by atoms with E-state index in [0.29, 0.717) is 5.92 Å². The molecule has 0 saturated heterocycles. The van der Waals surface area contributed by atoms with Gasteiger partial charge in [-0.3, -0.25) is 0 Å². The summed E-state index contributed by atoms with van der Waals surface area (Å²) >= 11 is 1.74. The number of rotatable bonds is 5. The Balaban J connectivity index is 2.15. The Hall–Kier alpha value is -1.26.